The van der Waals surface area contributed by atoms with E-state index in [1.54, 1.807) is 43.4 Å². The summed E-state index contributed by atoms with van der Waals surface area (Å²) in [6.45, 7) is 0. The summed E-state index contributed by atoms with van der Waals surface area (Å²) in [5, 5.41) is 2.71. The molecule has 0 radical (unpaired) electrons. The first-order valence-corrected chi connectivity index (χ1v) is 10.1. The maximum atomic E-state index is 12.7. The number of amides is 2. The van der Waals surface area contributed by atoms with Crippen molar-refractivity contribution in [3.05, 3.63) is 54.1 Å². The molecule has 6 nitrogen and oxygen atoms in total. The lowest BCUT2D eigenvalue weighted by molar-refractivity contribution is -0.119. The zero-order valence-electron chi connectivity index (χ0n) is 14.6. The molecular formula is C19H20N2O4S. The maximum absolute atomic E-state index is 12.7. The van der Waals surface area contributed by atoms with Gasteiger partial charge in [0.15, 0.2) is 9.84 Å². The average molecular weight is 372 g/mol. The third-order valence-electron chi connectivity index (χ3n) is 4.29. The molecule has 0 unspecified atom stereocenters. The van der Waals surface area contributed by atoms with Crippen LogP contribution in [-0.4, -0.2) is 33.5 Å². The highest BCUT2D eigenvalue weighted by atomic mass is 32.2. The summed E-state index contributed by atoms with van der Waals surface area (Å²) in [6, 6.07) is 12.9. The van der Waals surface area contributed by atoms with Gasteiger partial charge in [-0.3, -0.25) is 9.59 Å². The minimum Gasteiger partial charge on any atom is -0.322 e. The number of hydrogen-bond acceptors (Lipinski definition) is 4. The number of carbonyl (C=O) groups excluding carboxylic acids is 2. The summed E-state index contributed by atoms with van der Waals surface area (Å²) in [5.41, 5.74) is 1.26. The van der Waals surface area contributed by atoms with Gasteiger partial charge in [0.05, 0.1) is 16.1 Å². The Labute approximate surface area is 152 Å². The molecule has 1 fully saturated rings. The van der Waals surface area contributed by atoms with Crippen molar-refractivity contribution in [1.29, 1.82) is 0 Å². The minimum atomic E-state index is -3.37. The monoisotopic (exact) mass is 372 g/mol. The van der Waals surface area contributed by atoms with Crippen LogP contribution in [0.15, 0.2) is 53.4 Å². The molecule has 0 aliphatic heterocycles. The Morgan fingerprint density at radius 1 is 1.08 bits per heavy atom. The van der Waals surface area contributed by atoms with Gasteiger partial charge in [0.2, 0.25) is 5.91 Å². The van der Waals surface area contributed by atoms with Crippen LogP contribution in [0.1, 0.15) is 23.2 Å². The Morgan fingerprint density at radius 3 is 2.42 bits per heavy atom. The molecule has 1 aliphatic carbocycles. The van der Waals surface area contributed by atoms with E-state index in [1.807, 2.05) is 0 Å². The molecular weight excluding hydrogens is 352 g/mol. The summed E-state index contributed by atoms with van der Waals surface area (Å²) < 4.78 is 23.3. The zero-order chi connectivity index (χ0) is 18.9. The van der Waals surface area contributed by atoms with E-state index in [0.717, 1.165) is 19.1 Å². The van der Waals surface area contributed by atoms with Gasteiger partial charge in [0, 0.05) is 24.9 Å². The van der Waals surface area contributed by atoms with Gasteiger partial charge in [-0.25, -0.2) is 8.42 Å². The third kappa shape index (κ3) is 3.94. The summed E-state index contributed by atoms with van der Waals surface area (Å²) in [4.78, 5) is 26.7. The Morgan fingerprint density at radius 2 is 1.77 bits per heavy atom. The van der Waals surface area contributed by atoms with Crippen molar-refractivity contribution >= 4 is 33.0 Å². The molecule has 1 N–H and O–H groups in total. The van der Waals surface area contributed by atoms with Gasteiger partial charge in [0.1, 0.15) is 0 Å². The first-order chi connectivity index (χ1) is 12.3. The molecule has 2 aromatic rings. The standard InChI is InChI=1S/C19H20N2O4S/c1-21(19(23)13-10-11-13)17-9-4-3-8-16(17)18(22)20-14-6-5-7-15(12-14)26(2,24)25/h3-9,12-13H,10-11H2,1-2H3,(H,20,22). The molecule has 1 saturated carbocycles. The smallest absolute Gasteiger partial charge is 0.257 e. The van der Waals surface area contributed by atoms with E-state index in [0.29, 0.717) is 16.9 Å². The molecule has 136 valence electrons. The molecule has 0 spiro atoms. The Bertz CT molecular complexity index is 965. The predicted molar refractivity (Wildman–Crippen MR) is 100 cm³/mol. The van der Waals surface area contributed by atoms with Crippen LogP contribution in [0.2, 0.25) is 0 Å². The fraction of sp³-hybridized carbons (Fsp3) is 0.263. The Hall–Kier alpha value is -2.67. The number of benzene rings is 2. The number of anilines is 2. The van der Waals surface area contributed by atoms with Crippen LogP contribution in [0.25, 0.3) is 0 Å². The molecule has 26 heavy (non-hydrogen) atoms. The second-order valence-corrected chi connectivity index (χ2v) is 8.46. The van der Waals surface area contributed by atoms with E-state index < -0.39 is 15.7 Å². The van der Waals surface area contributed by atoms with Crippen LogP contribution < -0.4 is 10.2 Å². The highest BCUT2D eigenvalue weighted by molar-refractivity contribution is 7.90. The normalized spacial score (nSPS) is 13.9. The van der Waals surface area contributed by atoms with Crippen LogP contribution >= 0.6 is 0 Å². The van der Waals surface area contributed by atoms with Gasteiger partial charge >= 0.3 is 0 Å². The van der Waals surface area contributed by atoms with E-state index >= 15 is 0 Å². The first-order valence-electron chi connectivity index (χ1n) is 8.25. The van der Waals surface area contributed by atoms with E-state index in [9.17, 15) is 18.0 Å². The lowest BCUT2D eigenvalue weighted by atomic mass is 10.1. The molecule has 3 rings (SSSR count). The van der Waals surface area contributed by atoms with Crippen molar-refractivity contribution < 1.29 is 18.0 Å². The summed E-state index contributed by atoms with van der Waals surface area (Å²) in [5.74, 6) is -0.353. The number of nitrogens with zero attached hydrogens (tertiary/aromatic N) is 1. The van der Waals surface area contributed by atoms with E-state index in [-0.39, 0.29) is 16.7 Å². The van der Waals surface area contributed by atoms with Gasteiger partial charge in [-0.1, -0.05) is 18.2 Å². The summed E-state index contributed by atoms with van der Waals surface area (Å²) in [7, 11) is -1.70. The molecule has 0 bridgehead atoms. The van der Waals surface area contributed by atoms with E-state index in [4.69, 9.17) is 0 Å². The SMILES string of the molecule is CN(C(=O)C1CC1)c1ccccc1C(=O)Nc1cccc(S(C)(=O)=O)c1. The molecule has 0 saturated heterocycles. The van der Waals surface area contributed by atoms with Crippen molar-refractivity contribution in [2.45, 2.75) is 17.7 Å². The van der Waals surface area contributed by atoms with Gasteiger partial charge < -0.3 is 10.2 Å². The van der Waals surface area contributed by atoms with Gasteiger partial charge in [-0.05, 0) is 43.2 Å². The minimum absolute atomic E-state index is 0.00400. The molecule has 2 aromatic carbocycles. The number of hydrogen-bond donors (Lipinski definition) is 1. The lowest BCUT2D eigenvalue weighted by Gasteiger charge is -2.20. The Balaban J connectivity index is 1.86. The Kier molecular flexibility index (Phi) is 4.82. The number of para-hydroxylation sites is 1. The van der Waals surface area contributed by atoms with Crippen molar-refractivity contribution in [2.24, 2.45) is 5.92 Å². The molecule has 0 atom stereocenters. The van der Waals surface area contributed by atoms with Crippen LogP contribution in [-0.2, 0) is 14.6 Å². The fourth-order valence-corrected chi connectivity index (χ4v) is 3.35. The van der Waals surface area contributed by atoms with Crippen LogP contribution in [0.4, 0.5) is 11.4 Å². The molecule has 1 aliphatic rings. The number of rotatable bonds is 5. The number of nitrogens with one attached hydrogen (secondary N) is 1. The topological polar surface area (TPSA) is 83.6 Å². The van der Waals surface area contributed by atoms with Gasteiger partial charge in [0.25, 0.3) is 5.91 Å². The fourth-order valence-electron chi connectivity index (χ4n) is 2.68. The highest BCUT2D eigenvalue weighted by Crippen LogP contribution is 2.33. The van der Waals surface area contributed by atoms with Gasteiger partial charge in [-0.2, -0.15) is 0 Å². The third-order valence-corrected chi connectivity index (χ3v) is 5.40. The summed E-state index contributed by atoms with van der Waals surface area (Å²) in [6.07, 6.45) is 2.88. The highest BCUT2D eigenvalue weighted by Gasteiger charge is 2.33. The van der Waals surface area contributed by atoms with Gasteiger partial charge in [-0.15, -0.1) is 0 Å². The molecule has 0 aromatic heterocycles. The molecule has 7 heteroatoms. The van der Waals surface area contributed by atoms with Crippen molar-refractivity contribution in [3.8, 4) is 0 Å². The predicted octanol–water partition coefficient (Wildman–Crippen LogP) is 2.72. The van der Waals surface area contributed by atoms with Crippen LogP contribution in [0, 0.1) is 5.92 Å². The lowest BCUT2D eigenvalue weighted by Crippen LogP contribution is -2.29. The van der Waals surface area contributed by atoms with Crippen molar-refractivity contribution in [2.75, 3.05) is 23.5 Å². The van der Waals surface area contributed by atoms with Crippen LogP contribution in [0.5, 0.6) is 0 Å². The number of sulfone groups is 1. The van der Waals surface area contributed by atoms with Crippen molar-refractivity contribution in [3.63, 3.8) is 0 Å². The zero-order valence-corrected chi connectivity index (χ0v) is 15.4. The largest absolute Gasteiger partial charge is 0.322 e. The number of carbonyl (C=O) groups is 2. The second-order valence-electron chi connectivity index (χ2n) is 6.44. The first kappa shape index (κ1) is 18.1. The molecule has 2 amide bonds. The van der Waals surface area contributed by atoms with Crippen LogP contribution in [0.3, 0.4) is 0 Å². The molecule has 0 heterocycles. The quantitative estimate of drug-likeness (QED) is 0.875. The maximum Gasteiger partial charge on any atom is 0.257 e. The van der Waals surface area contributed by atoms with E-state index in [2.05, 4.69) is 5.32 Å². The van der Waals surface area contributed by atoms with Crippen molar-refractivity contribution in [1.82, 2.24) is 0 Å². The summed E-state index contributed by atoms with van der Waals surface area (Å²) >= 11 is 0. The average Bonchev–Trinajstić information content (AvgIpc) is 3.45. The second kappa shape index (κ2) is 6.92. The van der Waals surface area contributed by atoms with E-state index in [1.165, 1.54) is 17.0 Å².